The van der Waals surface area contributed by atoms with Gasteiger partial charge in [-0.05, 0) is 14.0 Å². The lowest BCUT2D eigenvalue weighted by molar-refractivity contribution is -0.257. The van der Waals surface area contributed by atoms with Crippen molar-refractivity contribution < 1.29 is 30.8 Å². The Hall–Kier alpha value is -1.25. The Morgan fingerprint density at radius 2 is 1.67 bits per heavy atom. The molecule has 0 aliphatic rings. The number of oxazole rings is 1. The summed E-state index contributed by atoms with van der Waals surface area (Å²) in [4.78, 5) is 3.41. The summed E-state index contributed by atoms with van der Waals surface area (Å²) in [7, 11) is 1.47. The summed E-state index contributed by atoms with van der Waals surface area (Å²) in [5.41, 5.74) is 0. The SMILES string of the molecule is CNC(C)c1ncc(C(C(F)(F)F)C(F)(F)F)o1. The molecule has 1 rings (SSSR count). The van der Waals surface area contributed by atoms with E-state index in [1.54, 1.807) is 0 Å². The van der Waals surface area contributed by atoms with Crippen molar-refractivity contribution in [3.05, 3.63) is 17.8 Å². The van der Waals surface area contributed by atoms with Gasteiger partial charge in [0.25, 0.3) is 0 Å². The van der Waals surface area contributed by atoms with Gasteiger partial charge in [-0.2, -0.15) is 26.3 Å². The number of rotatable bonds is 3. The van der Waals surface area contributed by atoms with Crippen molar-refractivity contribution in [2.45, 2.75) is 31.2 Å². The maximum absolute atomic E-state index is 12.4. The van der Waals surface area contributed by atoms with E-state index >= 15 is 0 Å². The Balaban J connectivity index is 3.12. The standard InChI is InChI=1S/C9H10F6N2O/c1-4(16-2)7-17-3-5(18-7)6(8(10,11)12)9(13,14)15/h3-4,6,16H,1-2H3. The minimum Gasteiger partial charge on any atom is -0.443 e. The molecule has 0 saturated heterocycles. The van der Waals surface area contributed by atoms with Crippen LogP contribution in [-0.4, -0.2) is 24.4 Å². The maximum atomic E-state index is 12.4. The summed E-state index contributed by atoms with van der Waals surface area (Å²) in [5.74, 6) is -5.14. The summed E-state index contributed by atoms with van der Waals surface area (Å²) in [6.45, 7) is 1.49. The van der Waals surface area contributed by atoms with E-state index in [9.17, 15) is 26.3 Å². The van der Waals surface area contributed by atoms with Crippen molar-refractivity contribution in [2.24, 2.45) is 0 Å². The van der Waals surface area contributed by atoms with Crippen molar-refractivity contribution in [1.29, 1.82) is 0 Å². The van der Waals surface area contributed by atoms with Gasteiger partial charge in [0.05, 0.1) is 12.2 Å². The van der Waals surface area contributed by atoms with Crippen molar-refractivity contribution in [3.8, 4) is 0 Å². The molecule has 0 aromatic carbocycles. The summed E-state index contributed by atoms with van der Waals surface area (Å²) in [5, 5.41) is 2.59. The van der Waals surface area contributed by atoms with Crippen molar-refractivity contribution in [3.63, 3.8) is 0 Å². The largest absolute Gasteiger partial charge is 0.443 e. The Labute approximate surface area is 98.2 Å². The molecule has 1 unspecified atom stereocenters. The number of hydrogen-bond acceptors (Lipinski definition) is 3. The van der Waals surface area contributed by atoms with Gasteiger partial charge in [-0.1, -0.05) is 0 Å². The number of nitrogens with zero attached hydrogens (tertiary/aromatic N) is 1. The second kappa shape index (κ2) is 4.79. The Kier molecular flexibility index (Phi) is 3.94. The molecule has 1 N–H and O–H groups in total. The predicted molar refractivity (Wildman–Crippen MR) is 48.8 cm³/mol. The zero-order valence-corrected chi connectivity index (χ0v) is 9.36. The molecule has 0 bridgehead atoms. The molecule has 0 saturated carbocycles. The third kappa shape index (κ3) is 3.15. The van der Waals surface area contributed by atoms with Crippen LogP contribution < -0.4 is 5.32 Å². The lowest BCUT2D eigenvalue weighted by Crippen LogP contribution is -2.33. The smallest absolute Gasteiger partial charge is 0.407 e. The van der Waals surface area contributed by atoms with Crippen LogP contribution in [0.2, 0.25) is 0 Å². The van der Waals surface area contributed by atoms with Crippen LogP contribution in [0.5, 0.6) is 0 Å². The van der Waals surface area contributed by atoms with Crippen LogP contribution in [0, 0.1) is 0 Å². The highest BCUT2D eigenvalue weighted by Gasteiger charge is 2.59. The fourth-order valence-electron chi connectivity index (χ4n) is 1.27. The van der Waals surface area contributed by atoms with E-state index in [4.69, 9.17) is 0 Å². The van der Waals surface area contributed by atoms with Crippen LogP contribution in [0.25, 0.3) is 0 Å². The molecule has 1 heterocycles. The maximum Gasteiger partial charge on any atom is 0.407 e. The Morgan fingerprint density at radius 3 is 2.06 bits per heavy atom. The molecule has 3 nitrogen and oxygen atoms in total. The molecular formula is C9H10F6N2O. The molecule has 104 valence electrons. The van der Waals surface area contributed by atoms with Crippen molar-refractivity contribution in [2.75, 3.05) is 7.05 Å². The van der Waals surface area contributed by atoms with Gasteiger partial charge < -0.3 is 9.73 Å². The fourth-order valence-corrected chi connectivity index (χ4v) is 1.27. The first-order chi connectivity index (χ1) is 8.07. The van der Waals surface area contributed by atoms with Crippen LogP contribution in [0.3, 0.4) is 0 Å². The normalized spacial score (nSPS) is 15.2. The first-order valence-electron chi connectivity index (χ1n) is 4.83. The van der Waals surface area contributed by atoms with E-state index in [1.807, 2.05) is 0 Å². The number of alkyl halides is 6. The zero-order valence-electron chi connectivity index (χ0n) is 9.36. The second-order valence-corrected chi connectivity index (χ2v) is 3.63. The third-order valence-corrected chi connectivity index (χ3v) is 2.28. The van der Waals surface area contributed by atoms with Crippen molar-refractivity contribution >= 4 is 0 Å². The molecule has 0 radical (unpaired) electrons. The van der Waals surface area contributed by atoms with Crippen LogP contribution in [0.1, 0.15) is 30.5 Å². The van der Waals surface area contributed by atoms with E-state index in [-0.39, 0.29) is 5.89 Å². The van der Waals surface area contributed by atoms with Gasteiger partial charge in [-0.25, -0.2) is 4.98 Å². The van der Waals surface area contributed by atoms with Gasteiger partial charge in [0, 0.05) is 0 Å². The molecule has 9 heteroatoms. The Morgan fingerprint density at radius 1 is 1.17 bits per heavy atom. The summed E-state index contributed by atoms with van der Waals surface area (Å²) in [6.07, 6.45) is -10.5. The Bertz CT molecular complexity index is 382. The molecule has 0 spiro atoms. The van der Waals surface area contributed by atoms with E-state index in [2.05, 4.69) is 14.7 Å². The minimum atomic E-state index is -5.47. The van der Waals surface area contributed by atoms with Gasteiger partial charge in [-0.15, -0.1) is 0 Å². The fraction of sp³-hybridized carbons (Fsp3) is 0.667. The molecule has 0 aliphatic carbocycles. The van der Waals surface area contributed by atoms with Gasteiger partial charge >= 0.3 is 12.4 Å². The number of hydrogen-bond donors (Lipinski definition) is 1. The molecule has 1 aromatic heterocycles. The van der Waals surface area contributed by atoms with Crippen LogP contribution in [-0.2, 0) is 0 Å². The molecule has 18 heavy (non-hydrogen) atoms. The topological polar surface area (TPSA) is 38.1 Å². The number of aromatic nitrogens is 1. The van der Waals surface area contributed by atoms with Crippen LogP contribution in [0.15, 0.2) is 10.6 Å². The molecule has 1 atom stereocenters. The minimum absolute atomic E-state index is 0.231. The zero-order chi connectivity index (χ0) is 14.1. The monoisotopic (exact) mass is 276 g/mol. The average Bonchev–Trinajstić information content (AvgIpc) is 2.60. The highest BCUT2D eigenvalue weighted by molar-refractivity contribution is 5.09. The predicted octanol–water partition coefficient (Wildman–Crippen LogP) is 3.16. The first-order valence-corrected chi connectivity index (χ1v) is 4.83. The lowest BCUT2D eigenvalue weighted by Gasteiger charge is -2.20. The molecule has 0 amide bonds. The van der Waals surface area contributed by atoms with Crippen LogP contribution >= 0.6 is 0 Å². The quantitative estimate of drug-likeness (QED) is 0.862. The van der Waals surface area contributed by atoms with E-state index in [1.165, 1.54) is 14.0 Å². The second-order valence-electron chi connectivity index (χ2n) is 3.63. The molecule has 1 aromatic rings. The van der Waals surface area contributed by atoms with E-state index in [0.717, 1.165) is 0 Å². The van der Waals surface area contributed by atoms with Crippen molar-refractivity contribution in [1.82, 2.24) is 10.3 Å². The third-order valence-electron chi connectivity index (χ3n) is 2.28. The van der Waals surface area contributed by atoms with Gasteiger partial charge in [0.2, 0.25) is 11.8 Å². The highest BCUT2D eigenvalue weighted by Crippen LogP contribution is 2.46. The highest BCUT2D eigenvalue weighted by atomic mass is 19.4. The number of nitrogens with one attached hydrogen (secondary N) is 1. The molecule has 0 aliphatic heterocycles. The lowest BCUT2D eigenvalue weighted by atomic mass is 10.1. The molecular weight excluding hydrogens is 266 g/mol. The van der Waals surface area contributed by atoms with Gasteiger partial charge in [-0.3, -0.25) is 0 Å². The molecule has 0 fully saturated rings. The summed E-state index contributed by atoms with van der Waals surface area (Å²) < 4.78 is 78.8. The van der Waals surface area contributed by atoms with E-state index in [0.29, 0.717) is 6.20 Å². The summed E-state index contributed by atoms with van der Waals surface area (Å²) >= 11 is 0. The van der Waals surface area contributed by atoms with Crippen LogP contribution in [0.4, 0.5) is 26.3 Å². The van der Waals surface area contributed by atoms with Gasteiger partial charge in [0.1, 0.15) is 5.76 Å². The van der Waals surface area contributed by atoms with E-state index < -0.39 is 30.1 Å². The first kappa shape index (κ1) is 14.8. The summed E-state index contributed by atoms with van der Waals surface area (Å²) in [6, 6.07) is -0.583. The number of halogens is 6. The van der Waals surface area contributed by atoms with Gasteiger partial charge in [0.15, 0.2) is 0 Å². The average molecular weight is 276 g/mol.